The van der Waals surface area contributed by atoms with Crippen LogP contribution in [0, 0.1) is 5.92 Å². The van der Waals surface area contributed by atoms with E-state index in [9.17, 15) is 0 Å². The van der Waals surface area contributed by atoms with Crippen molar-refractivity contribution in [3.05, 3.63) is 17.5 Å². The number of nitrogens with zero attached hydrogens (tertiary/aromatic N) is 2. The normalized spacial score (nSPS) is 14.7. The molecule has 18 heavy (non-hydrogen) atoms. The van der Waals surface area contributed by atoms with Gasteiger partial charge in [-0.2, -0.15) is 5.10 Å². The minimum atomic E-state index is 0.253. The molecule has 0 aliphatic rings. The van der Waals surface area contributed by atoms with Gasteiger partial charge in [0.25, 0.3) is 0 Å². The lowest BCUT2D eigenvalue weighted by Gasteiger charge is -2.19. The highest BCUT2D eigenvalue weighted by molar-refractivity contribution is 5.12. The van der Waals surface area contributed by atoms with Crippen molar-refractivity contribution in [3.8, 4) is 0 Å². The van der Waals surface area contributed by atoms with E-state index in [1.165, 1.54) is 30.7 Å². The second kappa shape index (κ2) is 7.57. The highest BCUT2D eigenvalue weighted by Crippen LogP contribution is 2.16. The molecule has 0 amide bonds. The molecule has 1 heterocycles. The van der Waals surface area contributed by atoms with E-state index in [0.717, 1.165) is 19.4 Å². The fourth-order valence-electron chi connectivity index (χ4n) is 2.31. The van der Waals surface area contributed by atoms with Gasteiger partial charge in [0, 0.05) is 24.7 Å². The van der Waals surface area contributed by atoms with E-state index in [-0.39, 0.29) is 6.04 Å². The molecular weight excluding hydrogens is 222 g/mol. The Bertz CT molecular complexity index is 344. The molecule has 2 unspecified atom stereocenters. The van der Waals surface area contributed by atoms with E-state index in [4.69, 9.17) is 5.73 Å². The van der Waals surface area contributed by atoms with Gasteiger partial charge in [-0.05, 0) is 31.7 Å². The van der Waals surface area contributed by atoms with Crippen molar-refractivity contribution in [2.75, 3.05) is 0 Å². The second-order valence-corrected chi connectivity index (χ2v) is 5.28. The lowest BCUT2D eigenvalue weighted by atomic mass is 9.93. The largest absolute Gasteiger partial charge is 0.327 e. The molecule has 0 aliphatic heterocycles. The Morgan fingerprint density at radius 3 is 2.61 bits per heavy atom. The minimum absolute atomic E-state index is 0.253. The number of aryl methyl sites for hydroxylation is 2. The molecule has 2 atom stereocenters. The van der Waals surface area contributed by atoms with E-state index < -0.39 is 0 Å². The van der Waals surface area contributed by atoms with Gasteiger partial charge < -0.3 is 5.73 Å². The molecule has 0 saturated heterocycles. The average Bonchev–Trinajstić information content (AvgIpc) is 2.77. The van der Waals surface area contributed by atoms with E-state index in [2.05, 4.69) is 43.5 Å². The number of unbranched alkanes of at least 4 members (excludes halogenated alkanes) is 1. The summed E-state index contributed by atoms with van der Waals surface area (Å²) < 4.78 is 2.10. The first-order valence-corrected chi connectivity index (χ1v) is 7.43. The molecule has 0 aliphatic carbocycles. The van der Waals surface area contributed by atoms with Crippen LogP contribution in [0.25, 0.3) is 0 Å². The summed E-state index contributed by atoms with van der Waals surface area (Å²) in [5.41, 5.74) is 8.80. The van der Waals surface area contributed by atoms with Crippen LogP contribution in [0.4, 0.5) is 0 Å². The van der Waals surface area contributed by atoms with Gasteiger partial charge in [-0.15, -0.1) is 0 Å². The monoisotopic (exact) mass is 251 g/mol. The van der Waals surface area contributed by atoms with E-state index >= 15 is 0 Å². The summed E-state index contributed by atoms with van der Waals surface area (Å²) in [5.74, 6) is 0.593. The Morgan fingerprint density at radius 1 is 1.33 bits per heavy atom. The Labute approximate surface area is 112 Å². The summed E-state index contributed by atoms with van der Waals surface area (Å²) >= 11 is 0. The maximum absolute atomic E-state index is 6.32. The first-order chi connectivity index (χ1) is 8.62. The molecule has 0 fully saturated rings. The molecule has 1 aromatic heterocycles. The van der Waals surface area contributed by atoms with E-state index in [0.29, 0.717) is 5.92 Å². The Morgan fingerprint density at radius 2 is 2.06 bits per heavy atom. The van der Waals surface area contributed by atoms with Crippen molar-refractivity contribution in [3.63, 3.8) is 0 Å². The highest BCUT2D eigenvalue weighted by Gasteiger charge is 2.16. The molecule has 1 rings (SSSR count). The van der Waals surface area contributed by atoms with Crippen molar-refractivity contribution in [1.29, 1.82) is 0 Å². The minimum Gasteiger partial charge on any atom is -0.327 e. The predicted molar refractivity (Wildman–Crippen MR) is 77.6 cm³/mol. The van der Waals surface area contributed by atoms with Crippen molar-refractivity contribution in [1.82, 2.24) is 9.78 Å². The summed E-state index contributed by atoms with van der Waals surface area (Å²) in [6, 6.07) is 2.47. The lowest BCUT2D eigenvalue weighted by Crippen LogP contribution is -2.31. The zero-order valence-electron chi connectivity index (χ0n) is 12.4. The fraction of sp³-hybridized carbons (Fsp3) is 0.800. The van der Waals surface area contributed by atoms with Gasteiger partial charge in [-0.25, -0.2) is 0 Å². The molecule has 0 bridgehead atoms. The van der Waals surface area contributed by atoms with Crippen molar-refractivity contribution >= 4 is 0 Å². The maximum Gasteiger partial charge on any atom is 0.0624 e. The van der Waals surface area contributed by atoms with Gasteiger partial charge in [0.05, 0.1) is 5.69 Å². The third-order valence-electron chi connectivity index (χ3n) is 3.76. The number of nitrogens with two attached hydrogens (primary N) is 1. The van der Waals surface area contributed by atoms with Crippen LogP contribution in [-0.2, 0) is 19.4 Å². The topological polar surface area (TPSA) is 43.8 Å². The first-order valence-electron chi connectivity index (χ1n) is 7.43. The molecule has 0 aromatic carbocycles. The number of hydrogen-bond donors (Lipinski definition) is 1. The van der Waals surface area contributed by atoms with Crippen LogP contribution in [0.1, 0.15) is 58.3 Å². The zero-order valence-corrected chi connectivity index (χ0v) is 12.4. The summed E-state index contributed by atoms with van der Waals surface area (Å²) in [4.78, 5) is 0. The number of rotatable bonds is 8. The van der Waals surface area contributed by atoms with Crippen molar-refractivity contribution in [2.45, 2.75) is 72.4 Å². The van der Waals surface area contributed by atoms with Gasteiger partial charge in [-0.3, -0.25) is 4.68 Å². The first kappa shape index (κ1) is 15.2. The molecule has 0 spiro atoms. The van der Waals surface area contributed by atoms with Crippen LogP contribution >= 0.6 is 0 Å². The predicted octanol–water partition coefficient (Wildman–Crippen LogP) is 3.16. The summed E-state index contributed by atoms with van der Waals surface area (Å²) in [5, 5.41) is 4.58. The van der Waals surface area contributed by atoms with Gasteiger partial charge in [-0.1, -0.05) is 33.6 Å². The van der Waals surface area contributed by atoms with Gasteiger partial charge in [0.2, 0.25) is 0 Å². The third kappa shape index (κ3) is 4.13. The average molecular weight is 251 g/mol. The molecule has 3 heteroatoms. The van der Waals surface area contributed by atoms with Crippen LogP contribution in [0.15, 0.2) is 6.07 Å². The van der Waals surface area contributed by atoms with Crippen molar-refractivity contribution < 1.29 is 0 Å². The SMILES string of the molecule is CCCCC(C)C(N)Cc1cc(CC)nn1CC. The van der Waals surface area contributed by atoms with Crippen LogP contribution in [0.3, 0.4) is 0 Å². The molecule has 104 valence electrons. The van der Waals surface area contributed by atoms with Crippen LogP contribution in [0.2, 0.25) is 0 Å². The van der Waals surface area contributed by atoms with Crippen LogP contribution in [-0.4, -0.2) is 15.8 Å². The number of aromatic nitrogens is 2. The zero-order chi connectivity index (χ0) is 13.5. The molecule has 0 saturated carbocycles. The molecule has 3 nitrogen and oxygen atoms in total. The quantitative estimate of drug-likeness (QED) is 0.771. The van der Waals surface area contributed by atoms with E-state index in [1.807, 2.05) is 0 Å². The maximum atomic E-state index is 6.32. The van der Waals surface area contributed by atoms with Gasteiger partial charge in [0.1, 0.15) is 0 Å². The summed E-state index contributed by atoms with van der Waals surface area (Å²) in [6.07, 6.45) is 5.72. The fourth-order valence-corrected chi connectivity index (χ4v) is 2.31. The lowest BCUT2D eigenvalue weighted by molar-refractivity contribution is 0.402. The molecule has 2 N–H and O–H groups in total. The van der Waals surface area contributed by atoms with Crippen LogP contribution < -0.4 is 5.73 Å². The van der Waals surface area contributed by atoms with Crippen LogP contribution in [0.5, 0.6) is 0 Å². The smallest absolute Gasteiger partial charge is 0.0624 e. The molecule has 1 aromatic rings. The molecule has 0 radical (unpaired) electrons. The van der Waals surface area contributed by atoms with Gasteiger partial charge in [0.15, 0.2) is 0 Å². The summed E-state index contributed by atoms with van der Waals surface area (Å²) in [6.45, 7) is 9.73. The van der Waals surface area contributed by atoms with E-state index in [1.54, 1.807) is 0 Å². The Hall–Kier alpha value is -0.830. The second-order valence-electron chi connectivity index (χ2n) is 5.28. The summed E-state index contributed by atoms with van der Waals surface area (Å²) in [7, 11) is 0. The Balaban J connectivity index is 2.62. The number of hydrogen-bond acceptors (Lipinski definition) is 2. The molecular formula is C15H29N3. The Kier molecular flexibility index (Phi) is 6.41. The standard InChI is InChI=1S/C15H29N3/c1-5-8-9-12(4)15(16)11-14-10-13(6-2)17-18(14)7-3/h10,12,15H,5-9,11,16H2,1-4H3. The third-order valence-corrected chi connectivity index (χ3v) is 3.76. The van der Waals surface area contributed by atoms with Gasteiger partial charge >= 0.3 is 0 Å². The van der Waals surface area contributed by atoms with Crippen molar-refractivity contribution in [2.24, 2.45) is 11.7 Å². The highest BCUT2D eigenvalue weighted by atomic mass is 15.3.